The molecule has 1 saturated heterocycles. The van der Waals surface area contributed by atoms with Crippen LogP contribution in [0.1, 0.15) is 25.5 Å². The summed E-state index contributed by atoms with van der Waals surface area (Å²) in [5.41, 5.74) is 0.434. The van der Waals surface area contributed by atoms with Gasteiger partial charge in [0.2, 0.25) is 5.91 Å². The fourth-order valence-corrected chi connectivity index (χ4v) is 3.95. The number of anilines is 1. The summed E-state index contributed by atoms with van der Waals surface area (Å²) >= 11 is 1.95. The molecule has 0 radical (unpaired) electrons. The number of hydrogen-bond donors (Lipinski definition) is 4. The van der Waals surface area contributed by atoms with Crippen molar-refractivity contribution in [1.29, 1.82) is 0 Å². The zero-order chi connectivity index (χ0) is 25.0. The van der Waals surface area contributed by atoms with Gasteiger partial charge in [-0.2, -0.15) is 0 Å². The number of hydrogen-bond acceptors (Lipinski definition) is 6. The summed E-state index contributed by atoms with van der Waals surface area (Å²) in [5.74, 6) is -1.93. The Hall–Kier alpha value is -2.77. The highest BCUT2D eigenvalue weighted by Gasteiger charge is 2.46. The van der Waals surface area contributed by atoms with Crippen LogP contribution in [0.2, 0.25) is 0 Å². The second-order valence-electron chi connectivity index (χ2n) is 8.11. The minimum Gasteiger partial charge on any atom is -0.491 e. The van der Waals surface area contributed by atoms with E-state index in [2.05, 4.69) is 10.6 Å². The van der Waals surface area contributed by atoms with Gasteiger partial charge in [0.15, 0.2) is 0 Å². The van der Waals surface area contributed by atoms with Crippen LogP contribution in [0.25, 0.3) is 0 Å². The van der Waals surface area contributed by atoms with E-state index in [0.717, 1.165) is 4.90 Å². The summed E-state index contributed by atoms with van der Waals surface area (Å²) in [6.07, 6.45) is -1.02. The maximum Gasteiger partial charge on any atom is 0.325 e. The molecule has 3 atom stereocenters. The number of ether oxygens (including phenoxy) is 1. The summed E-state index contributed by atoms with van der Waals surface area (Å²) in [7, 11) is 0. The third-order valence-electron chi connectivity index (χ3n) is 5.20. The van der Waals surface area contributed by atoms with Crippen LogP contribution in [0.3, 0.4) is 0 Å². The number of amides is 4. The number of nitrogens with zero attached hydrogens (tertiary/aromatic N) is 1. The quantitative estimate of drug-likeness (QED) is 0.265. The molecule has 0 aromatic heterocycles. The molecule has 2 aromatic rings. The third-order valence-corrected chi connectivity index (χ3v) is 5.88. The molecule has 4 N–H and O–H groups in total. The topological polar surface area (TPSA) is 128 Å². The van der Waals surface area contributed by atoms with Gasteiger partial charge in [-0.25, -0.2) is 14.1 Å². The van der Waals surface area contributed by atoms with Gasteiger partial charge >= 0.3 is 6.03 Å². The summed E-state index contributed by atoms with van der Waals surface area (Å²) < 4.78 is 20.2. The zero-order valence-corrected chi connectivity index (χ0v) is 20.7. The SMILES string of the molecule is CC(C)C(C(=O)Nc1ccc(I)cc1F)N1C(=O)N[C@H](c2ccc(OC[C@H](O)CO)cc2)C1=O. The number of urea groups is 1. The summed E-state index contributed by atoms with van der Waals surface area (Å²) in [6.45, 7) is 2.84. The minimum absolute atomic E-state index is 0.0402. The largest absolute Gasteiger partial charge is 0.491 e. The number of aliphatic hydroxyl groups is 2. The minimum atomic E-state index is -1.15. The maximum atomic E-state index is 14.2. The van der Waals surface area contributed by atoms with Crippen molar-refractivity contribution in [2.24, 2.45) is 5.92 Å². The molecule has 1 fully saturated rings. The molecule has 4 amide bonds. The number of nitrogens with one attached hydrogen (secondary N) is 2. The molecule has 182 valence electrons. The molecule has 0 saturated carbocycles. The van der Waals surface area contributed by atoms with Crippen LogP contribution < -0.4 is 15.4 Å². The third kappa shape index (κ3) is 5.83. The molecule has 1 aliphatic heterocycles. The smallest absolute Gasteiger partial charge is 0.325 e. The molecule has 11 heteroatoms. The molecule has 0 aliphatic carbocycles. The van der Waals surface area contributed by atoms with Crippen molar-refractivity contribution < 1.29 is 33.7 Å². The van der Waals surface area contributed by atoms with E-state index >= 15 is 0 Å². The first-order chi connectivity index (χ1) is 16.1. The predicted molar refractivity (Wildman–Crippen MR) is 130 cm³/mol. The highest BCUT2D eigenvalue weighted by atomic mass is 127. The summed E-state index contributed by atoms with van der Waals surface area (Å²) in [4.78, 5) is 39.8. The number of carbonyl (C=O) groups is 3. The van der Waals surface area contributed by atoms with Crippen molar-refractivity contribution in [3.8, 4) is 5.75 Å². The van der Waals surface area contributed by atoms with Gasteiger partial charge in [0.05, 0.1) is 12.3 Å². The Morgan fingerprint density at radius 3 is 2.50 bits per heavy atom. The van der Waals surface area contributed by atoms with Gasteiger partial charge in [-0.1, -0.05) is 26.0 Å². The van der Waals surface area contributed by atoms with Gasteiger partial charge < -0.3 is 25.6 Å². The fraction of sp³-hybridized carbons (Fsp3) is 0.348. The van der Waals surface area contributed by atoms with E-state index in [1.54, 1.807) is 44.2 Å². The molecule has 9 nitrogen and oxygen atoms in total. The van der Waals surface area contributed by atoms with Crippen molar-refractivity contribution in [3.05, 3.63) is 57.4 Å². The van der Waals surface area contributed by atoms with E-state index in [9.17, 15) is 23.9 Å². The van der Waals surface area contributed by atoms with E-state index < -0.39 is 54.4 Å². The number of carbonyl (C=O) groups excluding carboxylic acids is 3. The maximum absolute atomic E-state index is 14.2. The zero-order valence-electron chi connectivity index (χ0n) is 18.5. The lowest BCUT2D eigenvalue weighted by Gasteiger charge is -2.27. The molecular formula is C23H25FIN3O6. The van der Waals surface area contributed by atoms with E-state index in [4.69, 9.17) is 9.84 Å². The van der Waals surface area contributed by atoms with Crippen molar-refractivity contribution in [1.82, 2.24) is 10.2 Å². The standard InChI is InChI=1S/C23H25FIN3O6/c1-12(2)20(21(31)26-18-8-5-14(25)9-17(18)24)28-22(32)19(27-23(28)33)13-3-6-16(7-4-13)34-11-15(30)10-29/h3-9,12,15,19-20,29-30H,10-11H2,1-2H3,(H,26,31)(H,27,33)/t15-,19-,20?/m1/s1. The Morgan fingerprint density at radius 1 is 1.24 bits per heavy atom. The van der Waals surface area contributed by atoms with Crippen molar-refractivity contribution in [3.63, 3.8) is 0 Å². The van der Waals surface area contributed by atoms with Crippen LogP contribution in [0.5, 0.6) is 5.75 Å². The monoisotopic (exact) mass is 585 g/mol. The van der Waals surface area contributed by atoms with Crippen LogP contribution >= 0.6 is 22.6 Å². The Morgan fingerprint density at radius 2 is 1.91 bits per heavy atom. The lowest BCUT2D eigenvalue weighted by molar-refractivity contribution is -0.135. The molecule has 34 heavy (non-hydrogen) atoms. The summed E-state index contributed by atoms with van der Waals surface area (Å²) in [5, 5.41) is 23.3. The normalized spacial score (nSPS) is 17.5. The van der Waals surface area contributed by atoms with Crippen LogP contribution in [0.4, 0.5) is 14.9 Å². The number of rotatable bonds is 9. The molecular weight excluding hydrogens is 560 g/mol. The van der Waals surface area contributed by atoms with Crippen LogP contribution in [0, 0.1) is 15.3 Å². The Bertz CT molecular complexity index is 1070. The molecule has 0 bridgehead atoms. The lowest BCUT2D eigenvalue weighted by atomic mass is 10.0. The lowest BCUT2D eigenvalue weighted by Crippen LogP contribution is -2.50. The van der Waals surface area contributed by atoms with Crippen LogP contribution in [-0.2, 0) is 9.59 Å². The van der Waals surface area contributed by atoms with E-state index in [-0.39, 0.29) is 12.3 Å². The second-order valence-corrected chi connectivity index (χ2v) is 9.36. The second kappa shape index (κ2) is 11.1. The van der Waals surface area contributed by atoms with E-state index in [0.29, 0.717) is 14.9 Å². The van der Waals surface area contributed by atoms with E-state index in [1.807, 2.05) is 22.6 Å². The molecule has 2 aromatic carbocycles. The van der Waals surface area contributed by atoms with Gasteiger partial charge in [0.25, 0.3) is 5.91 Å². The van der Waals surface area contributed by atoms with Crippen molar-refractivity contribution >= 4 is 46.1 Å². The number of aliphatic hydroxyl groups excluding tert-OH is 2. The number of benzene rings is 2. The average Bonchev–Trinajstić information content (AvgIpc) is 3.08. The van der Waals surface area contributed by atoms with Crippen molar-refractivity contribution in [2.45, 2.75) is 32.0 Å². The highest BCUT2D eigenvalue weighted by molar-refractivity contribution is 14.1. The van der Waals surface area contributed by atoms with Gasteiger partial charge in [-0.15, -0.1) is 0 Å². The summed E-state index contributed by atoms with van der Waals surface area (Å²) in [6, 6.07) is 7.72. The molecule has 1 aliphatic rings. The molecule has 1 unspecified atom stereocenters. The Labute approximate surface area is 209 Å². The Kier molecular flexibility index (Phi) is 8.44. The molecule has 3 rings (SSSR count). The average molecular weight is 585 g/mol. The van der Waals surface area contributed by atoms with E-state index in [1.165, 1.54) is 12.1 Å². The fourth-order valence-electron chi connectivity index (χ4n) is 3.50. The first-order valence-electron chi connectivity index (χ1n) is 10.5. The predicted octanol–water partition coefficient (Wildman–Crippen LogP) is 2.42. The number of imide groups is 1. The Balaban J connectivity index is 1.76. The van der Waals surface area contributed by atoms with Gasteiger partial charge in [-0.05, 0) is 64.4 Å². The molecule has 1 heterocycles. The molecule has 0 spiro atoms. The van der Waals surface area contributed by atoms with Gasteiger partial charge in [0, 0.05) is 3.57 Å². The number of halogens is 2. The van der Waals surface area contributed by atoms with Gasteiger partial charge in [0.1, 0.15) is 36.4 Å². The van der Waals surface area contributed by atoms with Crippen molar-refractivity contribution in [2.75, 3.05) is 18.5 Å². The highest BCUT2D eigenvalue weighted by Crippen LogP contribution is 2.28. The van der Waals surface area contributed by atoms with Crippen LogP contribution in [0.15, 0.2) is 42.5 Å². The first kappa shape index (κ1) is 25.8. The first-order valence-corrected chi connectivity index (χ1v) is 11.6. The van der Waals surface area contributed by atoms with Crippen LogP contribution in [-0.4, -0.2) is 58.3 Å². The van der Waals surface area contributed by atoms with Gasteiger partial charge in [-0.3, -0.25) is 9.59 Å².